The van der Waals surface area contributed by atoms with Crippen LogP contribution in [0.1, 0.15) is 11.6 Å². The highest BCUT2D eigenvalue weighted by molar-refractivity contribution is 7.98. The van der Waals surface area contributed by atoms with Crippen molar-refractivity contribution < 1.29 is 0 Å². The van der Waals surface area contributed by atoms with Crippen molar-refractivity contribution in [3.05, 3.63) is 24.3 Å². The summed E-state index contributed by atoms with van der Waals surface area (Å²) in [4.78, 5) is 11.7. The summed E-state index contributed by atoms with van der Waals surface area (Å²) in [5.74, 6) is 2.07. The second-order valence-electron chi connectivity index (χ2n) is 3.69. The summed E-state index contributed by atoms with van der Waals surface area (Å²) in [5, 5.41) is 8.89. The fourth-order valence-electron chi connectivity index (χ4n) is 1.46. The Bertz CT molecular complexity index is 573. The SMILES string of the molecule is C=CCn1c(C)nnc1SCc1nc(N)nc(N)n1. The van der Waals surface area contributed by atoms with E-state index in [1.54, 1.807) is 6.08 Å². The number of hydrogen-bond donors (Lipinski definition) is 2. The lowest BCUT2D eigenvalue weighted by Gasteiger charge is -2.05. The first kappa shape index (κ1) is 13.3. The van der Waals surface area contributed by atoms with Gasteiger partial charge in [0.05, 0.1) is 5.75 Å². The molecule has 4 N–H and O–H groups in total. The molecule has 0 aliphatic carbocycles. The third-order valence-electron chi connectivity index (χ3n) is 2.26. The van der Waals surface area contributed by atoms with Crippen LogP contribution >= 0.6 is 11.8 Å². The molecule has 19 heavy (non-hydrogen) atoms. The standard InChI is InChI=1S/C10H14N8S/c1-3-4-18-6(2)16-17-10(18)19-5-7-13-8(11)15-9(12)14-7/h3H,1,4-5H2,2H3,(H4,11,12,13,14,15). The Kier molecular flexibility index (Phi) is 3.95. The van der Waals surface area contributed by atoms with Crippen molar-refractivity contribution in [1.29, 1.82) is 0 Å². The molecule has 0 aliphatic rings. The Morgan fingerprint density at radius 1 is 1.21 bits per heavy atom. The number of aryl methyl sites for hydroxylation is 1. The van der Waals surface area contributed by atoms with Gasteiger partial charge >= 0.3 is 0 Å². The summed E-state index contributed by atoms with van der Waals surface area (Å²) < 4.78 is 1.95. The molecule has 2 aromatic heterocycles. The van der Waals surface area contributed by atoms with Gasteiger partial charge in [0.1, 0.15) is 11.6 Å². The number of nitrogens with two attached hydrogens (primary N) is 2. The first-order chi connectivity index (χ1) is 9.10. The molecular weight excluding hydrogens is 264 g/mol. The normalized spacial score (nSPS) is 10.6. The van der Waals surface area contributed by atoms with Crippen LogP contribution in [-0.2, 0) is 12.3 Å². The predicted molar refractivity (Wildman–Crippen MR) is 73.2 cm³/mol. The van der Waals surface area contributed by atoms with Crippen LogP contribution in [0.15, 0.2) is 17.8 Å². The Labute approximate surface area is 114 Å². The van der Waals surface area contributed by atoms with E-state index < -0.39 is 0 Å². The lowest BCUT2D eigenvalue weighted by Crippen LogP contribution is -2.06. The van der Waals surface area contributed by atoms with E-state index in [-0.39, 0.29) is 11.9 Å². The van der Waals surface area contributed by atoms with Gasteiger partial charge in [0, 0.05) is 6.54 Å². The van der Waals surface area contributed by atoms with Crippen molar-refractivity contribution in [3.63, 3.8) is 0 Å². The van der Waals surface area contributed by atoms with Crippen LogP contribution in [-0.4, -0.2) is 29.7 Å². The molecule has 2 rings (SSSR count). The van der Waals surface area contributed by atoms with Crippen LogP contribution in [0.4, 0.5) is 11.9 Å². The van der Waals surface area contributed by atoms with Gasteiger partial charge in [0.2, 0.25) is 11.9 Å². The average molecular weight is 278 g/mol. The molecular formula is C10H14N8S. The maximum Gasteiger partial charge on any atom is 0.225 e. The minimum Gasteiger partial charge on any atom is -0.368 e. The van der Waals surface area contributed by atoms with Crippen molar-refractivity contribution in [2.45, 2.75) is 24.4 Å². The van der Waals surface area contributed by atoms with Crippen molar-refractivity contribution in [1.82, 2.24) is 29.7 Å². The molecule has 0 amide bonds. The number of hydrogen-bond acceptors (Lipinski definition) is 8. The second kappa shape index (κ2) is 5.65. The molecule has 0 saturated heterocycles. The third-order valence-corrected chi connectivity index (χ3v) is 3.22. The third kappa shape index (κ3) is 3.19. The smallest absolute Gasteiger partial charge is 0.225 e. The van der Waals surface area contributed by atoms with Gasteiger partial charge in [-0.15, -0.1) is 16.8 Å². The van der Waals surface area contributed by atoms with Crippen LogP contribution < -0.4 is 11.5 Å². The van der Waals surface area contributed by atoms with E-state index in [0.717, 1.165) is 11.0 Å². The van der Waals surface area contributed by atoms with E-state index in [9.17, 15) is 0 Å². The largest absolute Gasteiger partial charge is 0.368 e. The first-order valence-corrected chi connectivity index (χ1v) is 6.48. The number of aromatic nitrogens is 6. The van der Waals surface area contributed by atoms with Gasteiger partial charge in [0.25, 0.3) is 0 Å². The number of anilines is 2. The van der Waals surface area contributed by atoms with Crippen molar-refractivity contribution in [3.8, 4) is 0 Å². The van der Waals surface area contributed by atoms with Gasteiger partial charge in [-0.25, -0.2) is 0 Å². The molecule has 0 unspecified atom stereocenters. The molecule has 8 nitrogen and oxygen atoms in total. The van der Waals surface area contributed by atoms with Crippen molar-refractivity contribution in [2.75, 3.05) is 11.5 Å². The van der Waals surface area contributed by atoms with E-state index in [2.05, 4.69) is 31.7 Å². The molecule has 0 radical (unpaired) electrons. The van der Waals surface area contributed by atoms with E-state index in [1.807, 2.05) is 11.5 Å². The molecule has 0 aromatic carbocycles. The van der Waals surface area contributed by atoms with Gasteiger partial charge in [-0.1, -0.05) is 17.8 Å². The fraction of sp³-hybridized carbons (Fsp3) is 0.300. The second-order valence-corrected chi connectivity index (χ2v) is 4.63. The van der Waals surface area contributed by atoms with Gasteiger partial charge < -0.3 is 16.0 Å². The molecule has 2 aromatic rings. The van der Waals surface area contributed by atoms with E-state index in [1.165, 1.54) is 11.8 Å². The monoisotopic (exact) mass is 278 g/mol. The zero-order valence-corrected chi connectivity index (χ0v) is 11.3. The number of rotatable bonds is 5. The Morgan fingerprint density at radius 2 is 1.89 bits per heavy atom. The van der Waals surface area contributed by atoms with E-state index in [4.69, 9.17) is 11.5 Å². The number of nitrogen functional groups attached to an aromatic ring is 2. The molecule has 0 saturated carbocycles. The predicted octanol–water partition coefficient (Wildman–Crippen LogP) is 0.414. The highest BCUT2D eigenvalue weighted by Gasteiger charge is 2.10. The Balaban J connectivity index is 2.12. The van der Waals surface area contributed by atoms with Gasteiger partial charge in [0.15, 0.2) is 5.16 Å². The maximum atomic E-state index is 5.51. The lowest BCUT2D eigenvalue weighted by molar-refractivity contribution is 0.703. The molecule has 9 heteroatoms. The van der Waals surface area contributed by atoms with Crippen LogP contribution in [0.25, 0.3) is 0 Å². The molecule has 0 atom stereocenters. The van der Waals surface area contributed by atoms with Crippen LogP contribution in [0.3, 0.4) is 0 Å². The summed E-state index contributed by atoms with van der Waals surface area (Å²) in [6.07, 6.45) is 1.79. The fourth-order valence-corrected chi connectivity index (χ4v) is 2.31. The number of thioether (sulfide) groups is 1. The lowest BCUT2D eigenvalue weighted by atomic mass is 10.6. The number of nitrogens with zero attached hydrogens (tertiary/aromatic N) is 6. The molecule has 0 fully saturated rings. The van der Waals surface area contributed by atoms with Crippen LogP contribution in [0.5, 0.6) is 0 Å². The zero-order chi connectivity index (χ0) is 13.8. The zero-order valence-electron chi connectivity index (χ0n) is 10.4. The summed E-state index contributed by atoms with van der Waals surface area (Å²) in [6, 6.07) is 0. The summed E-state index contributed by atoms with van der Waals surface area (Å²) in [6.45, 7) is 6.25. The molecule has 0 spiro atoms. The quantitative estimate of drug-likeness (QED) is 0.596. The molecule has 100 valence electrons. The van der Waals surface area contributed by atoms with Crippen LogP contribution in [0, 0.1) is 6.92 Å². The highest BCUT2D eigenvalue weighted by Crippen LogP contribution is 2.20. The van der Waals surface area contributed by atoms with Gasteiger partial charge in [-0.3, -0.25) is 0 Å². The molecule has 0 bridgehead atoms. The summed E-state index contributed by atoms with van der Waals surface area (Å²) in [5.41, 5.74) is 11.0. The summed E-state index contributed by atoms with van der Waals surface area (Å²) >= 11 is 1.46. The van der Waals surface area contributed by atoms with Crippen molar-refractivity contribution >= 4 is 23.7 Å². The highest BCUT2D eigenvalue weighted by atomic mass is 32.2. The summed E-state index contributed by atoms with van der Waals surface area (Å²) in [7, 11) is 0. The van der Waals surface area contributed by atoms with E-state index in [0.29, 0.717) is 18.1 Å². The molecule has 2 heterocycles. The maximum absolute atomic E-state index is 5.51. The van der Waals surface area contributed by atoms with E-state index >= 15 is 0 Å². The minimum atomic E-state index is 0.117. The van der Waals surface area contributed by atoms with Gasteiger partial charge in [-0.2, -0.15) is 15.0 Å². The first-order valence-electron chi connectivity index (χ1n) is 5.49. The minimum absolute atomic E-state index is 0.117. The topological polar surface area (TPSA) is 121 Å². The Hall–Kier alpha value is -2.16. The average Bonchev–Trinajstić information content (AvgIpc) is 2.68. The Morgan fingerprint density at radius 3 is 2.53 bits per heavy atom. The van der Waals surface area contributed by atoms with Crippen LogP contribution in [0.2, 0.25) is 0 Å². The molecule has 0 aliphatic heterocycles. The number of allylic oxidation sites excluding steroid dienone is 1. The van der Waals surface area contributed by atoms with Crippen molar-refractivity contribution in [2.24, 2.45) is 0 Å². The van der Waals surface area contributed by atoms with Gasteiger partial charge in [-0.05, 0) is 6.92 Å².